The van der Waals surface area contributed by atoms with Crippen LogP contribution < -0.4 is 11.0 Å². The number of carbonyl (C=O) groups is 4. The Labute approximate surface area is 142 Å². The van der Waals surface area contributed by atoms with Gasteiger partial charge in [0, 0.05) is 41.0 Å². The predicted octanol–water partition coefficient (Wildman–Crippen LogP) is -1.02. The number of aliphatic carboxylic acids is 1. The first-order valence-electron chi connectivity index (χ1n) is 5.97. The van der Waals surface area contributed by atoms with E-state index in [0.717, 1.165) is 6.92 Å². The highest BCUT2D eigenvalue weighted by Gasteiger charge is 1.90. The van der Waals surface area contributed by atoms with Gasteiger partial charge in [0.05, 0.1) is 7.11 Å². The van der Waals surface area contributed by atoms with Crippen molar-refractivity contribution in [2.75, 3.05) is 20.4 Å². The number of rotatable bonds is 3. The number of hydrogen-bond acceptors (Lipinski definition) is 8. The average molecular weight is 375 g/mol. The SMILES string of the molecule is CC(=O)N(C)O.CC(=O)NOS(C)=O.CC(=O)O.CONC(C)=O. The lowest BCUT2D eigenvalue weighted by atomic mass is 10.7. The second-order valence-corrected chi connectivity index (χ2v) is 4.54. The minimum absolute atomic E-state index is 0.183. The van der Waals surface area contributed by atoms with Crippen molar-refractivity contribution in [3.05, 3.63) is 0 Å². The molecule has 0 aliphatic rings. The van der Waals surface area contributed by atoms with E-state index in [0.29, 0.717) is 5.06 Å². The van der Waals surface area contributed by atoms with Crippen LogP contribution in [0.1, 0.15) is 27.7 Å². The van der Waals surface area contributed by atoms with Gasteiger partial charge in [0.1, 0.15) is 0 Å². The minimum Gasteiger partial charge on any atom is -0.481 e. The smallest absolute Gasteiger partial charge is 0.300 e. The maximum absolute atomic E-state index is 10.0. The second-order valence-electron chi connectivity index (χ2n) is 3.57. The fourth-order valence-electron chi connectivity index (χ4n) is 0.261. The van der Waals surface area contributed by atoms with Gasteiger partial charge in [-0.25, -0.2) is 20.2 Å². The summed E-state index contributed by atoms with van der Waals surface area (Å²) in [5.74, 6) is -1.73. The molecule has 0 spiro atoms. The lowest BCUT2D eigenvalue weighted by molar-refractivity contribution is -0.156. The Morgan fingerprint density at radius 2 is 1.29 bits per heavy atom. The molecule has 3 amide bonds. The normalized spacial score (nSPS) is 9.17. The monoisotopic (exact) mass is 375 g/mol. The van der Waals surface area contributed by atoms with Crippen LogP contribution in [0.15, 0.2) is 0 Å². The summed E-state index contributed by atoms with van der Waals surface area (Å²) in [6.45, 7) is 5.01. The largest absolute Gasteiger partial charge is 0.481 e. The molecule has 0 aliphatic heterocycles. The topological polar surface area (TPSA) is 172 Å². The van der Waals surface area contributed by atoms with Gasteiger partial charge in [-0.1, -0.05) is 0 Å². The zero-order valence-corrected chi connectivity index (χ0v) is 15.4. The van der Waals surface area contributed by atoms with Crippen molar-refractivity contribution in [3.63, 3.8) is 0 Å². The van der Waals surface area contributed by atoms with Gasteiger partial charge in [-0.15, -0.1) is 0 Å². The number of nitrogens with zero attached hydrogens (tertiary/aromatic N) is 1. The number of amides is 3. The highest BCUT2D eigenvalue weighted by molar-refractivity contribution is 7.79. The van der Waals surface area contributed by atoms with Crippen LogP contribution in [0.3, 0.4) is 0 Å². The molecule has 144 valence electrons. The fraction of sp³-hybridized carbons (Fsp3) is 0.636. The molecular formula is C11H25N3O9S. The first-order valence-corrected chi connectivity index (χ1v) is 7.45. The second kappa shape index (κ2) is 20.9. The molecule has 4 N–H and O–H groups in total. The summed E-state index contributed by atoms with van der Waals surface area (Å²) in [5, 5.41) is 16.1. The van der Waals surface area contributed by atoms with Crippen molar-refractivity contribution in [2.24, 2.45) is 0 Å². The van der Waals surface area contributed by atoms with Crippen molar-refractivity contribution in [3.8, 4) is 0 Å². The molecule has 0 bridgehead atoms. The van der Waals surface area contributed by atoms with Gasteiger partial charge in [0.2, 0.25) is 17.7 Å². The van der Waals surface area contributed by atoms with Crippen LogP contribution >= 0.6 is 0 Å². The van der Waals surface area contributed by atoms with Crippen molar-refractivity contribution in [1.29, 1.82) is 0 Å². The molecule has 24 heavy (non-hydrogen) atoms. The van der Waals surface area contributed by atoms with Crippen LogP contribution in [-0.2, 0) is 39.4 Å². The maximum Gasteiger partial charge on any atom is 0.300 e. The van der Waals surface area contributed by atoms with Gasteiger partial charge in [-0.3, -0.25) is 29.2 Å². The van der Waals surface area contributed by atoms with E-state index in [1.54, 1.807) is 0 Å². The standard InChI is InChI=1S/C3H7NO3S.2C3H7NO2.C2H4O2/c1-3(5)4-7-8(2)6;1-3(5)4-6-2;1-3(5)4(2)6;1-2(3)4/h1-2H3,(H,4,5);1-2H3,(H,4,5);6H,1-2H3;1H3,(H,3,4). The van der Waals surface area contributed by atoms with E-state index in [1.165, 1.54) is 41.2 Å². The maximum atomic E-state index is 10.0. The molecule has 13 heteroatoms. The van der Waals surface area contributed by atoms with Gasteiger partial charge >= 0.3 is 0 Å². The number of hydroxylamine groups is 4. The third kappa shape index (κ3) is 72.5. The third-order valence-electron chi connectivity index (χ3n) is 1.00. The Bertz CT molecular complexity index is 384. The van der Waals surface area contributed by atoms with E-state index >= 15 is 0 Å². The van der Waals surface area contributed by atoms with Gasteiger partial charge < -0.3 is 5.11 Å². The van der Waals surface area contributed by atoms with E-state index in [1.807, 2.05) is 5.48 Å². The van der Waals surface area contributed by atoms with Gasteiger partial charge in [0.25, 0.3) is 5.97 Å². The number of carboxylic acids is 1. The summed E-state index contributed by atoms with van der Waals surface area (Å²) < 4.78 is 14.2. The summed E-state index contributed by atoms with van der Waals surface area (Å²) in [5.41, 5.74) is 3.98. The summed E-state index contributed by atoms with van der Waals surface area (Å²) >= 11 is -1.42. The van der Waals surface area contributed by atoms with Gasteiger partial charge in [-0.05, 0) is 0 Å². The van der Waals surface area contributed by atoms with Crippen LogP contribution in [0, 0.1) is 0 Å². The van der Waals surface area contributed by atoms with Crippen molar-refractivity contribution in [2.45, 2.75) is 27.7 Å². The van der Waals surface area contributed by atoms with Crippen LogP contribution in [0.25, 0.3) is 0 Å². The lowest BCUT2D eigenvalue weighted by Crippen LogP contribution is -2.20. The van der Waals surface area contributed by atoms with E-state index < -0.39 is 17.0 Å². The molecule has 0 saturated heterocycles. The van der Waals surface area contributed by atoms with Crippen molar-refractivity contribution < 1.29 is 42.8 Å². The molecular weight excluding hydrogens is 350 g/mol. The first-order chi connectivity index (χ1) is 10.8. The molecule has 12 nitrogen and oxygen atoms in total. The zero-order chi connectivity index (χ0) is 20.3. The summed E-state index contributed by atoms with van der Waals surface area (Å²) in [6.07, 6.45) is 1.32. The molecule has 1 unspecified atom stereocenters. The zero-order valence-electron chi connectivity index (χ0n) is 14.6. The lowest BCUT2D eigenvalue weighted by Gasteiger charge is -1.99. The first kappa shape index (κ1) is 29.9. The molecule has 0 aliphatic carbocycles. The molecule has 0 saturated carbocycles. The molecule has 0 radical (unpaired) electrons. The van der Waals surface area contributed by atoms with Crippen molar-refractivity contribution >= 4 is 34.8 Å². The van der Waals surface area contributed by atoms with E-state index in [2.05, 4.69) is 14.6 Å². The Balaban J connectivity index is -0.000000114. The molecule has 0 aromatic rings. The van der Waals surface area contributed by atoms with Gasteiger partial charge in [-0.2, -0.15) is 4.28 Å². The Morgan fingerprint density at radius 1 is 1.00 bits per heavy atom. The molecule has 0 heterocycles. The summed E-state index contributed by atoms with van der Waals surface area (Å²) in [6, 6.07) is 0. The fourth-order valence-corrected chi connectivity index (χ4v) is 0.496. The number of hydrogen-bond donors (Lipinski definition) is 4. The number of carboxylic acid groups (broad SMARTS) is 1. The Kier molecular flexibility index (Phi) is 26.0. The summed E-state index contributed by atoms with van der Waals surface area (Å²) in [7, 11) is 2.67. The highest BCUT2D eigenvalue weighted by Crippen LogP contribution is 1.70. The van der Waals surface area contributed by atoms with E-state index in [-0.39, 0.29) is 17.7 Å². The molecule has 0 aromatic carbocycles. The highest BCUT2D eigenvalue weighted by atomic mass is 32.2. The van der Waals surface area contributed by atoms with Crippen LogP contribution in [0.4, 0.5) is 0 Å². The predicted molar refractivity (Wildman–Crippen MR) is 83.3 cm³/mol. The Hall–Kier alpha value is -2.09. The number of carbonyl (C=O) groups excluding carboxylic acids is 3. The molecule has 1 atom stereocenters. The Morgan fingerprint density at radius 3 is 1.33 bits per heavy atom. The number of nitrogens with one attached hydrogen (secondary N) is 2. The van der Waals surface area contributed by atoms with E-state index in [4.69, 9.17) is 15.1 Å². The van der Waals surface area contributed by atoms with Crippen LogP contribution in [-0.4, -0.2) is 63.7 Å². The van der Waals surface area contributed by atoms with Crippen LogP contribution in [0.2, 0.25) is 0 Å². The van der Waals surface area contributed by atoms with Gasteiger partial charge in [0.15, 0.2) is 11.1 Å². The van der Waals surface area contributed by atoms with E-state index in [9.17, 15) is 18.6 Å². The quantitative estimate of drug-likeness (QED) is 0.356. The summed E-state index contributed by atoms with van der Waals surface area (Å²) in [4.78, 5) is 42.8. The average Bonchev–Trinajstić information content (AvgIpc) is 2.36. The minimum atomic E-state index is -1.42. The van der Waals surface area contributed by atoms with Crippen molar-refractivity contribution in [1.82, 2.24) is 16.0 Å². The molecule has 0 fully saturated rings. The molecule has 0 aromatic heterocycles. The molecule has 0 rings (SSSR count). The third-order valence-corrected chi connectivity index (χ3v) is 1.32. The van der Waals surface area contributed by atoms with Crippen LogP contribution in [0.5, 0.6) is 0 Å².